The molecule has 0 amide bonds. The molecule has 4 heteroatoms. The Morgan fingerprint density at radius 1 is 1.88 bits per heavy atom. The third-order valence-corrected chi connectivity index (χ3v) is 2.63. The Bertz CT molecular complexity index is 214. The summed E-state index contributed by atoms with van der Waals surface area (Å²) in [5.74, 6) is 1.83. The third kappa shape index (κ3) is 0.996. The predicted octanol–water partition coefficient (Wildman–Crippen LogP) is 2.05. The Labute approximate surface area is 53.2 Å². The molecule has 1 atom stereocenters. The zero-order valence-electron chi connectivity index (χ0n) is 4.33. The van der Waals surface area contributed by atoms with Gasteiger partial charge >= 0.3 is 0 Å². The third-order valence-electron chi connectivity index (χ3n) is 0.742. The van der Waals surface area contributed by atoms with E-state index in [2.05, 4.69) is 0 Å². The van der Waals surface area contributed by atoms with Gasteiger partial charge < -0.3 is 8.94 Å². The van der Waals surface area contributed by atoms with Crippen molar-refractivity contribution in [3.05, 3.63) is 16.5 Å². The van der Waals surface area contributed by atoms with Gasteiger partial charge in [0.15, 0.2) is 0 Å². The first-order valence-corrected chi connectivity index (χ1v) is 3.79. The second-order valence-electron chi connectivity index (χ2n) is 1.18. The van der Waals surface area contributed by atoms with Crippen LogP contribution in [0.4, 0.5) is 0 Å². The highest BCUT2D eigenvalue weighted by Gasteiger charge is 1.90. The van der Waals surface area contributed by atoms with E-state index in [0.717, 1.165) is 0 Å². The normalized spacial score (nSPS) is 11.9. The lowest BCUT2D eigenvalue weighted by atomic mass is 11.1. The van der Waals surface area contributed by atoms with Gasteiger partial charge in [0, 0.05) is 12.9 Å². The minimum Gasteiger partial charge on any atom is -0.447 e. The zero-order valence-corrected chi connectivity index (χ0v) is 6.04. The van der Waals surface area contributed by atoms with Gasteiger partial charge in [0.1, 0.15) is 0 Å². The fourth-order valence-corrected chi connectivity index (χ4v) is 1.58. The molecule has 0 bridgehead atoms. The van der Waals surface area contributed by atoms with Gasteiger partial charge in [-0.1, -0.05) is 0 Å². The Morgan fingerprint density at radius 2 is 2.62 bits per heavy atom. The fourth-order valence-electron chi connectivity index (χ4n) is 0.392. The van der Waals surface area contributed by atoms with E-state index in [9.17, 15) is 0 Å². The smallest absolute Gasteiger partial charge is 0.234 e. The summed E-state index contributed by atoms with van der Waals surface area (Å²) in [7, 11) is 0.947. The zero-order chi connectivity index (χ0) is 5.98. The van der Waals surface area contributed by atoms with Crippen LogP contribution in [0, 0.1) is 4.44 Å². The van der Waals surface area contributed by atoms with Gasteiger partial charge in [-0.25, -0.2) is 0 Å². The molecule has 0 aliphatic heterocycles. The maximum absolute atomic E-state index is 4.94. The second-order valence-corrected chi connectivity index (χ2v) is 3.57. The first kappa shape index (κ1) is 6.02. The maximum Gasteiger partial charge on any atom is 0.234 e. The van der Waals surface area contributed by atoms with Crippen LogP contribution >= 0.6 is 20.0 Å². The van der Waals surface area contributed by atoms with Crippen molar-refractivity contribution in [1.82, 2.24) is 0 Å². The molecule has 2 nitrogen and oxygen atoms in total. The van der Waals surface area contributed by atoms with Crippen LogP contribution in [0.15, 0.2) is 16.5 Å². The maximum atomic E-state index is 4.94. The van der Waals surface area contributed by atoms with E-state index in [1.165, 1.54) is 0 Å². The van der Waals surface area contributed by atoms with E-state index in [1.807, 2.05) is 5.80 Å². The molecule has 1 unspecified atom stereocenters. The topological polar surface area (TPSA) is 22.4 Å². The lowest BCUT2D eigenvalue weighted by molar-refractivity contribution is 0.533. The monoisotopic (exact) mass is 148 g/mol. The van der Waals surface area contributed by atoms with E-state index in [0.29, 0.717) is 4.44 Å². The number of rotatable bonds is 1. The van der Waals surface area contributed by atoms with Crippen molar-refractivity contribution in [3.8, 4) is 0 Å². The number of hydrogen-bond donors (Lipinski definition) is 0. The van der Waals surface area contributed by atoms with Crippen LogP contribution in [0.2, 0.25) is 0 Å². The van der Waals surface area contributed by atoms with Crippen molar-refractivity contribution in [3.63, 3.8) is 0 Å². The van der Waals surface area contributed by atoms with Gasteiger partial charge in [-0.05, 0) is 12.2 Å². The van der Waals surface area contributed by atoms with Crippen molar-refractivity contribution in [2.45, 2.75) is 0 Å². The van der Waals surface area contributed by atoms with Crippen LogP contribution in [0.1, 0.15) is 0 Å². The van der Waals surface area contributed by atoms with Gasteiger partial charge in [-0.15, -0.1) is 0 Å². The quantitative estimate of drug-likeness (QED) is 0.569. The van der Waals surface area contributed by atoms with E-state index in [4.69, 9.17) is 21.2 Å². The molecule has 0 aromatic carbocycles. The van der Waals surface area contributed by atoms with Gasteiger partial charge in [0.05, 0.1) is 14.0 Å². The van der Waals surface area contributed by atoms with Crippen molar-refractivity contribution >= 4 is 20.0 Å². The summed E-state index contributed by atoms with van der Waals surface area (Å²) < 4.78 is 10.3. The molecular weight excluding hydrogens is 143 g/mol. The summed E-state index contributed by atoms with van der Waals surface area (Å²) >= 11 is 4.76. The molecule has 0 saturated heterocycles. The van der Waals surface area contributed by atoms with Crippen LogP contribution in [0.3, 0.4) is 0 Å². The average Bonchev–Trinajstić information content (AvgIpc) is 2.14. The van der Waals surface area contributed by atoms with Crippen molar-refractivity contribution in [2.24, 2.45) is 0 Å². The second kappa shape index (κ2) is 2.44. The first-order chi connectivity index (χ1) is 3.84. The largest absolute Gasteiger partial charge is 0.447 e. The summed E-state index contributed by atoms with van der Waals surface area (Å²) in [6.07, 6.45) is 1.57. The minimum absolute atomic E-state index is 0.558. The highest BCUT2D eigenvalue weighted by atomic mass is 32.1. The highest BCUT2D eigenvalue weighted by Crippen LogP contribution is 2.24. The van der Waals surface area contributed by atoms with Crippen LogP contribution in [0.25, 0.3) is 0 Å². The molecule has 0 fully saturated rings. The van der Waals surface area contributed by atoms with Crippen LogP contribution < -0.4 is 4.52 Å². The Hall–Kier alpha value is -0.110. The van der Waals surface area contributed by atoms with Gasteiger partial charge in [0.25, 0.3) is 0 Å². The molecule has 0 aliphatic rings. The summed E-state index contributed by atoms with van der Waals surface area (Å²) in [6, 6.07) is 0. The Kier molecular flexibility index (Phi) is 1.84. The average molecular weight is 148 g/mol. The van der Waals surface area contributed by atoms with E-state index in [1.54, 1.807) is 13.4 Å². The molecule has 0 saturated carbocycles. The van der Waals surface area contributed by atoms with Gasteiger partial charge in [-0.2, -0.15) is 0 Å². The Balaban J connectivity index is 3.11. The molecular formula is C4H5O2PS. The highest BCUT2D eigenvalue weighted by molar-refractivity contribution is 7.75. The summed E-state index contributed by atoms with van der Waals surface area (Å²) in [4.78, 5) is 0. The van der Waals surface area contributed by atoms with Crippen LogP contribution in [0.5, 0.6) is 0 Å². The SMILES string of the molecule is COp1ccoc1=S. The van der Waals surface area contributed by atoms with E-state index >= 15 is 0 Å². The lowest BCUT2D eigenvalue weighted by Gasteiger charge is -1.83. The molecule has 0 spiro atoms. The molecule has 1 aromatic rings. The first-order valence-electron chi connectivity index (χ1n) is 2.05. The summed E-state index contributed by atoms with van der Waals surface area (Å²) in [6.45, 7) is 0. The predicted molar refractivity (Wildman–Crippen MR) is 34.8 cm³/mol. The van der Waals surface area contributed by atoms with Crippen molar-refractivity contribution < 1.29 is 8.94 Å². The molecule has 1 aromatic heterocycles. The molecule has 0 aliphatic carbocycles. The van der Waals surface area contributed by atoms with Crippen LogP contribution in [-0.4, -0.2) is 7.11 Å². The van der Waals surface area contributed by atoms with E-state index in [-0.39, 0.29) is 0 Å². The molecule has 1 heterocycles. The summed E-state index contributed by atoms with van der Waals surface area (Å²) in [5, 5.41) is 0. The van der Waals surface area contributed by atoms with Gasteiger partial charge in [0.2, 0.25) is 4.44 Å². The standard InChI is InChI=1S/C4H5O2PS/c1-5-7-3-2-6-4(7)8/h2-3H,1H3. The molecule has 1 rings (SSSR count). The molecule has 8 heavy (non-hydrogen) atoms. The van der Waals surface area contributed by atoms with Crippen LogP contribution in [-0.2, 0) is 0 Å². The van der Waals surface area contributed by atoms with Crippen molar-refractivity contribution in [2.75, 3.05) is 7.11 Å². The molecule has 0 radical (unpaired) electrons. The molecule has 0 N–H and O–H groups in total. The Morgan fingerprint density at radius 3 is 2.88 bits per heavy atom. The van der Waals surface area contributed by atoms with E-state index < -0.39 is 7.76 Å². The van der Waals surface area contributed by atoms with Crippen molar-refractivity contribution in [1.29, 1.82) is 0 Å². The molecule has 44 valence electrons. The minimum atomic E-state index is -0.675. The number of hydrogen-bond acceptors (Lipinski definition) is 3. The summed E-state index contributed by atoms with van der Waals surface area (Å²) in [5.41, 5.74) is 0. The lowest BCUT2D eigenvalue weighted by Crippen LogP contribution is -1.70. The fraction of sp³-hybridized carbons (Fsp3) is 0.250. The van der Waals surface area contributed by atoms with Gasteiger partial charge in [-0.3, -0.25) is 0 Å².